The van der Waals surface area contributed by atoms with Crippen LogP contribution in [0.5, 0.6) is 11.5 Å². The molecular formula is C18H21N5O3. The molecule has 1 aromatic heterocycles. The van der Waals surface area contributed by atoms with Gasteiger partial charge in [-0.05, 0) is 31.4 Å². The minimum atomic E-state index is -0.265. The van der Waals surface area contributed by atoms with Crippen LogP contribution >= 0.6 is 0 Å². The second-order valence-corrected chi connectivity index (χ2v) is 6.58. The lowest BCUT2D eigenvalue weighted by atomic mass is 9.92. The quantitative estimate of drug-likeness (QED) is 0.879. The lowest BCUT2D eigenvalue weighted by molar-refractivity contribution is 0.174. The Morgan fingerprint density at radius 1 is 1.27 bits per heavy atom. The van der Waals surface area contributed by atoms with Gasteiger partial charge in [0.15, 0.2) is 11.5 Å². The molecular weight excluding hydrogens is 334 g/mol. The van der Waals surface area contributed by atoms with Gasteiger partial charge in [0.1, 0.15) is 0 Å². The fraction of sp³-hybridized carbons (Fsp3) is 0.389. The summed E-state index contributed by atoms with van der Waals surface area (Å²) in [5, 5.41) is 5.87. The molecule has 1 aromatic carbocycles. The molecule has 8 nitrogen and oxygen atoms in total. The third kappa shape index (κ3) is 3.22. The molecule has 1 atom stereocenters. The fourth-order valence-electron chi connectivity index (χ4n) is 3.20. The van der Waals surface area contributed by atoms with E-state index in [1.807, 2.05) is 25.2 Å². The molecule has 2 N–H and O–H groups in total. The van der Waals surface area contributed by atoms with E-state index in [1.54, 1.807) is 18.2 Å². The van der Waals surface area contributed by atoms with Crippen molar-refractivity contribution in [3.05, 3.63) is 35.7 Å². The van der Waals surface area contributed by atoms with Crippen LogP contribution in [0.15, 0.2) is 24.4 Å². The molecule has 0 spiro atoms. The van der Waals surface area contributed by atoms with Gasteiger partial charge in [-0.1, -0.05) is 0 Å². The molecule has 2 amide bonds. The number of ether oxygens (including phenoxy) is 2. The summed E-state index contributed by atoms with van der Waals surface area (Å²) in [5.74, 6) is 2.01. The van der Waals surface area contributed by atoms with Gasteiger partial charge in [-0.3, -0.25) is 0 Å². The second kappa shape index (κ2) is 6.70. The highest BCUT2D eigenvalue weighted by atomic mass is 16.7. The Morgan fingerprint density at radius 3 is 2.96 bits per heavy atom. The Kier molecular flexibility index (Phi) is 4.24. The first-order chi connectivity index (χ1) is 12.6. The molecule has 2 aliphatic rings. The molecule has 0 bridgehead atoms. The first-order valence-electron chi connectivity index (χ1n) is 8.60. The van der Waals surface area contributed by atoms with Crippen LogP contribution in [-0.4, -0.2) is 36.9 Å². The summed E-state index contributed by atoms with van der Waals surface area (Å²) in [5.41, 5.74) is 2.65. The van der Waals surface area contributed by atoms with Crippen molar-refractivity contribution in [2.24, 2.45) is 0 Å². The SMILES string of the molecule is CN(C)c1ncc2c(n1)CCCC2NC(=O)Nc1ccc2c(c1)OCO2. The van der Waals surface area contributed by atoms with Crippen LogP contribution in [-0.2, 0) is 6.42 Å². The summed E-state index contributed by atoms with van der Waals surface area (Å²) < 4.78 is 10.6. The number of hydrogen-bond acceptors (Lipinski definition) is 6. The highest BCUT2D eigenvalue weighted by molar-refractivity contribution is 5.90. The van der Waals surface area contributed by atoms with Gasteiger partial charge in [0.2, 0.25) is 12.7 Å². The van der Waals surface area contributed by atoms with Gasteiger partial charge in [-0.2, -0.15) is 0 Å². The van der Waals surface area contributed by atoms with E-state index < -0.39 is 0 Å². The lowest BCUT2D eigenvalue weighted by Gasteiger charge is -2.26. The number of hydrogen-bond donors (Lipinski definition) is 2. The van der Waals surface area contributed by atoms with Crippen molar-refractivity contribution in [1.29, 1.82) is 0 Å². The van der Waals surface area contributed by atoms with E-state index in [0.717, 1.165) is 30.5 Å². The van der Waals surface area contributed by atoms with Crippen LogP contribution in [0.4, 0.5) is 16.4 Å². The van der Waals surface area contributed by atoms with Gasteiger partial charge >= 0.3 is 6.03 Å². The molecule has 2 heterocycles. The van der Waals surface area contributed by atoms with Crippen molar-refractivity contribution < 1.29 is 14.3 Å². The zero-order chi connectivity index (χ0) is 18.1. The Balaban J connectivity index is 1.45. The van der Waals surface area contributed by atoms with Crippen molar-refractivity contribution in [3.63, 3.8) is 0 Å². The molecule has 8 heteroatoms. The molecule has 26 heavy (non-hydrogen) atoms. The van der Waals surface area contributed by atoms with E-state index in [1.165, 1.54) is 0 Å². The number of fused-ring (bicyclic) bond motifs is 2. The Bertz CT molecular complexity index is 840. The first-order valence-corrected chi connectivity index (χ1v) is 8.60. The molecule has 0 saturated carbocycles. The minimum absolute atomic E-state index is 0.0935. The molecule has 1 aliphatic heterocycles. The van der Waals surface area contributed by atoms with Crippen LogP contribution in [0.2, 0.25) is 0 Å². The number of carbonyl (C=O) groups excluding carboxylic acids is 1. The first kappa shape index (κ1) is 16.4. The average molecular weight is 355 g/mol. The maximum atomic E-state index is 12.4. The number of benzene rings is 1. The normalized spacial score (nSPS) is 17.4. The summed E-state index contributed by atoms with van der Waals surface area (Å²) in [4.78, 5) is 23.3. The van der Waals surface area contributed by atoms with Gasteiger partial charge in [-0.15, -0.1) is 0 Å². The number of urea groups is 1. The van der Waals surface area contributed by atoms with Crippen LogP contribution in [0.1, 0.15) is 30.1 Å². The summed E-state index contributed by atoms with van der Waals surface area (Å²) in [7, 11) is 3.83. The van der Waals surface area contributed by atoms with Gasteiger partial charge in [0.05, 0.1) is 11.7 Å². The van der Waals surface area contributed by atoms with Crippen molar-refractivity contribution in [1.82, 2.24) is 15.3 Å². The van der Waals surface area contributed by atoms with Crippen LogP contribution in [0.3, 0.4) is 0 Å². The highest BCUT2D eigenvalue weighted by Crippen LogP contribution is 2.34. The number of carbonyl (C=O) groups is 1. The highest BCUT2D eigenvalue weighted by Gasteiger charge is 2.24. The van der Waals surface area contributed by atoms with E-state index in [-0.39, 0.29) is 18.9 Å². The molecule has 2 aromatic rings. The third-order valence-electron chi connectivity index (χ3n) is 4.50. The summed E-state index contributed by atoms with van der Waals surface area (Å²) in [6.07, 6.45) is 4.57. The van der Waals surface area contributed by atoms with Crippen molar-refractivity contribution in [2.45, 2.75) is 25.3 Å². The van der Waals surface area contributed by atoms with Crippen LogP contribution in [0.25, 0.3) is 0 Å². The summed E-state index contributed by atoms with van der Waals surface area (Å²) in [6.45, 7) is 0.207. The van der Waals surface area contributed by atoms with Crippen molar-refractivity contribution in [3.8, 4) is 11.5 Å². The van der Waals surface area contributed by atoms with E-state index in [9.17, 15) is 4.79 Å². The van der Waals surface area contributed by atoms with E-state index >= 15 is 0 Å². The maximum absolute atomic E-state index is 12.4. The molecule has 1 unspecified atom stereocenters. The maximum Gasteiger partial charge on any atom is 0.319 e. The van der Waals surface area contributed by atoms with Crippen molar-refractivity contribution in [2.75, 3.05) is 31.1 Å². The Hall–Kier alpha value is -3.03. The average Bonchev–Trinajstić information content (AvgIpc) is 3.09. The molecule has 0 saturated heterocycles. The number of anilines is 2. The topological polar surface area (TPSA) is 88.6 Å². The summed E-state index contributed by atoms with van der Waals surface area (Å²) >= 11 is 0. The van der Waals surface area contributed by atoms with Crippen molar-refractivity contribution >= 4 is 17.7 Å². The largest absolute Gasteiger partial charge is 0.454 e. The monoisotopic (exact) mass is 355 g/mol. The predicted octanol–water partition coefficient (Wildman–Crippen LogP) is 2.47. The van der Waals surface area contributed by atoms with Crippen LogP contribution in [0, 0.1) is 0 Å². The third-order valence-corrected chi connectivity index (χ3v) is 4.50. The number of aryl methyl sites for hydroxylation is 1. The van der Waals surface area contributed by atoms with Gasteiger partial charge < -0.3 is 25.0 Å². The van der Waals surface area contributed by atoms with E-state index in [0.29, 0.717) is 23.1 Å². The summed E-state index contributed by atoms with van der Waals surface area (Å²) in [6, 6.07) is 4.96. The molecule has 1 aliphatic carbocycles. The standard InChI is InChI=1S/C18H21N5O3/c1-23(2)17-19-9-12-13(21-17)4-3-5-14(12)22-18(24)20-11-6-7-15-16(8-11)26-10-25-15/h6-9,14H,3-5,10H2,1-2H3,(H2,20,22,24). The number of nitrogens with one attached hydrogen (secondary N) is 2. The zero-order valence-electron chi connectivity index (χ0n) is 14.8. The molecule has 136 valence electrons. The van der Waals surface area contributed by atoms with E-state index in [4.69, 9.17) is 9.47 Å². The number of rotatable bonds is 3. The fourth-order valence-corrected chi connectivity index (χ4v) is 3.20. The van der Waals surface area contributed by atoms with E-state index in [2.05, 4.69) is 20.6 Å². The number of nitrogens with zero attached hydrogens (tertiary/aromatic N) is 3. The van der Waals surface area contributed by atoms with Gasteiger partial charge in [0, 0.05) is 37.6 Å². The van der Waals surface area contributed by atoms with Gasteiger partial charge in [-0.25, -0.2) is 14.8 Å². The lowest BCUT2D eigenvalue weighted by Crippen LogP contribution is -2.35. The zero-order valence-corrected chi connectivity index (χ0v) is 14.8. The Labute approximate surface area is 151 Å². The molecule has 0 radical (unpaired) electrons. The van der Waals surface area contributed by atoms with Crippen LogP contribution < -0.4 is 25.0 Å². The predicted molar refractivity (Wildman–Crippen MR) is 96.8 cm³/mol. The molecule has 4 rings (SSSR count). The van der Waals surface area contributed by atoms with Gasteiger partial charge in [0.25, 0.3) is 0 Å². The smallest absolute Gasteiger partial charge is 0.319 e. The molecule has 0 fully saturated rings. The minimum Gasteiger partial charge on any atom is -0.454 e. The Morgan fingerprint density at radius 2 is 2.12 bits per heavy atom. The number of amides is 2. The number of aromatic nitrogens is 2. The second-order valence-electron chi connectivity index (χ2n) is 6.58.